The third-order valence-corrected chi connectivity index (χ3v) is 1.58. The van der Waals surface area contributed by atoms with Crippen molar-refractivity contribution in [2.24, 2.45) is 0 Å². The van der Waals surface area contributed by atoms with Gasteiger partial charge in [0.05, 0.1) is 5.69 Å². The summed E-state index contributed by atoms with van der Waals surface area (Å²) in [6.07, 6.45) is 2.72. The lowest BCUT2D eigenvalue weighted by atomic mass is 10.1. The molecule has 9 heavy (non-hydrogen) atoms. The summed E-state index contributed by atoms with van der Waals surface area (Å²) >= 11 is 0. The minimum absolute atomic E-state index is 0.916. The Kier molecular flexibility index (Phi) is 1.02. The van der Waals surface area contributed by atoms with E-state index >= 15 is 0 Å². The fourth-order valence-electron chi connectivity index (χ4n) is 1.06. The fraction of sp³-hybridized carbons (Fsp3) is 0.500. The largest absolute Gasteiger partial charge is 0.364 e. The van der Waals surface area contributed by atoms with Crippen LogP contribution >= 0.6 is 0 Å². The number of aromatic nitrogens is 1. The molecule has 0 spiro atoms. The highest BCUT2D eigenvalue weighted by molar-refractivity contribution is 5.16. The number of rotatable bonds is 0. The molecule has 1 N–H and O–H groups in total. The zero-order valence-electron chi connectivity index (χ0n) is 5.05. The van der Waals surface area contributed by atoms with E-state index in [2.05, 4.69) is 10.5 Å². The second-order valence-corrected chi connectivity index (χ2v) is 2.21. The molecule has 0 aromatic carbocycles. The van der Waals surface area contributed by atoms with Crippen molar-refractivity contribution in [2.45, 2.75) is 13.0 Å². The number of fused-ring (bicyclic) bond motifs is 1. The van der Waals surface area contributed by atoms with Gasteiger partial charge in [-0.15, -0.1) is 0 Å². The fourth-order valence-corrected chi connectivity index (χ4v) is 1.06. The zero-order valence-corrected chi connectivity index (χ0v) is 5.05. The van der Waals surface area contributed by atoms with E-state index in [-0.39, 0.29) is 0 Å². The Hall–Kier alpha value is -0.830. The summed E-state index contributed by atoms with van der Waals surface area (Å²) in [5, 5.41) is 7.07. The van der Waals surface area contributed by atoms with Gasteiger partial charge in [0.2, 0.25) is 0 Å². The van der Waals surface area contributed by atoms with Crippen molar-refractivity contribution in [1.29, 1.82) is 0 Å². The molecule has 1 aliphatic heterocycles. The van der Waals surface area contributed by atoms with Gasteiger partial charge in [0.1, 0.15) is 6.26 Å². The van der Waals surface area contributed by atoms with E-state index in [0.29, 0.717) is 0 Å². The second kappa shape index (κ2) is 1.84. The summed E-state index contributed by atoms with van der Waals surface area (Å²) < 4.78 is 4.78. The Morgan fingerprint density at radius 3 is 3.56 bits per heavy atom. The lowest BCUT2D eigenvalue weighted by Gasteiger charge is -2.08. The van der Waals surface area contributed by atoms with Crippen LogP contribution in [0.3, 0.4) is 0 Å². The van der Waals surface area contributed by atoms with E-state index in [1.165, 1.54) is 5.56 Å². The molecule has 0 aliphatic carbocycles. The Morgan fingerprint density at radius 2 is 2.67 bits per heavy atom. The van der Waals surface area contributed by atoms with E-state index < -0.39 is 0 Å². The molecule has 0 unspecified atom stereocenters. The summed E-state index contributed by atoms with van der Waals surface area (Å²) in [6, 6.07) is 0. The van der Waals surface area contributed by atoms with Crippen LogP contribution in [0, 0.1) is 0 Å². The van der Waals surface area contributed by atoms with Gasteiger partial charge in [-0.3, -0.25) is 0 Å². The van der Waals surface area contributed by atoms with E-state index in [4.69, 9.17) is 4.52 Å². The van der Waals surface area contributed by atoms with Gasteiger partial charge in [0, 0.05) is 25.1 Å². The summed E-state index contributed by atoms with van der Waals surface area (Å²) in [5.41, 5.74) is 2.33. The standard InChI is InChI=1S/C6H8N2O/c1-2-7-3-5-4-9-8-6(1)5/h4,7H,1-3H2. The lowest BCUT2D eigenvalue weighted by molar-refractivity contribution is 0.412. The summed E-state index contributed by atoms with van der Waals surface area (Å²) in [5.74, 6) is 0. The number of hydrogen-bond donors (Lipinski definition) is 1. The molecular weight excluding hydrogens is 116 g/mol. The molecule has 2 heterocycles. The Labute approximate surface area is 53.0 Å². The SMILES string of the molecule is c1onc2c1CNCC2. The highest BCUT2D eigenvalue weighted by Gasteiger charge is 2.10. The Bertz CT molecular complexity index is 186. The van der Waals surface area contributed by atoms with Crippen LogP contribution in [-0.2, 0) is 13.0 Å². The van der Waals surface area contributed by atoms with Gasteiger partial charge in [-0.1, -0.05) is 5.16 Å². The molecule has 2 rings (SSSR count). The molecule has 0 saturated carbocycles. The molecule has 0 fully saturated rings. The predicted molar refractivity (Wildman–Crippen MR) is 31.9 cm³/mol. The van der Waals surface area contributed by atoms with Crippen LogP contribution in [0.25, 0.3) is 0 Å². The average molecular weight is 124 g/mol. The first-order valence-electron chi connectivity index (χ1n) is 3.09. The van der Waals surface area contributed by atoms with Crippen molar-refractivity contribution >= 4 is 0 Å². The Morgan fingerprint density at radius 1 is 1.67 bits per heavy atom. The van der Waals surface area contributed by atoms with E-state index in [1.807, 2.05) is 0 Å². The van der Waals surface area contributed by atoms with Crippen LogP contribution in [-0.4, -0.2) is 11.7 Å². The monoisotopic (exact) mass is 124 g/mol. The van der Waals surface area contributed by atoms with Crippen LogP contribution in [0.2, 0.25) is 0 Å². The van der Waals surface area contributed by atoms with Crippen molar-refractivity contribution in [1.82, 2.24) is 10.5 Å². The molecule has 1 aromatic heterocycles. The quantitative estimate of drug-likeness (QED) is 0.541. The van der Waals surface area contributed by atoms with Gasteiger partial charge in [0.25, 0.3) is 0 Å². The lowest BCUT2D eigenvalue weighted by Crippen LogP contribution is -2.22. The minimum Gasteiger partial charge on any atom is -0.364 e. The molecular formula is C6H8N2O. The Balaban J connectivity index is 2.39. The molecule has 1 aliphatic rings. The third-order valence-electron chi connectivity index (χ3n) is 1.58. The average Bonchev–Trinajstić information content (AvgIpc) is 2.33. The minimum atomic E-state index is 0.916. The van der Waals surface area contributed by atoms with Crippen molar-refractivity contribution in [3.63, 3.8) is 0 Å². The van der Waals surface area contributed by atoms with Gasteiger partial charge >= 0.3 is 0 Å². The number of nitrogens with one attached hydrogen (secondary N) is 1. The van der Waals surface area contributed by atoms with Crippen LogP contribution in [0.1, 0.15) is 11.3 Å². The van der Waals surface area contributed by atoms with Crippen LogP contribution < -0.4 is 5.32 Å². The predicted octanol–water partition coefficient (Wildman–Crippen LogP) is 0.320. The van der Waals surface area contributed by atoms with Crippen molar-refractivity contribution in [2.75, 3.05) is 6.54 Å². The van der Waals surface area contributed by atoms with E-state index in [1.54, 1.807) is 6.26 Å². The first-order chi connectivity index (χ1) is 4.47. The van der Waals surface area contributed by atoms with Gasteiger partial charge in [-0.05, 0) is 0 Å². The number of hydrogen-bond acceptors (Lipinski definition) is 3. The molecule has 0 radical (unpaired) electrons. The maximum Gasteiger partial charge on any atom is 0.128 e. The van der Waals surface area contributed by atoms with Crippen LogP contribution in [0.5, 0.6) is 0 Å². The smallest absolute Gasteiger partial charge is 0.128 e. The molecule has 3 heteroatoms. The molecule has 1 aromatic rings. The molecule has 0 saturated heterocycles. The van der Waals surface area contributed by atoms with Crippen LogP contribution in [0.4, 0.5) is 0 Å². The van der Waals surface area contributed by atoms with Gasteiger partial charge < -0.3 is 9.84 Å². The highest BCUT2D eigenvalue weighted by Crippen LogP contribution is 2.09. The van der Waals surface area contributed by atoms with E-state index in [0.717, 1.165) is 25.2 Å². The van der Waals surface area contributed by atoms with Crippen LogP contribution in [0.15, 0.2) is 10.8 Å². The third kappa shape index (κ3) is 0.733. The zero-order chi connectivity index (χ0) is 6.10. The van der Waals surface area contributed by atoms with Gasteiger partial charge in [-0.25, -0.2) is 0 Å². The summed E-state index contributed by atoms with van der Waals surface area (Å²) in [6.45, 7) is 1.94. The second-order valence-electron chi connectivity index (χ2n) is 2.21. The first-order valence-corrected chi connectivity index (χ1v) is 3.09. The van der Waals surface area contributed by atoms with Crippen molar-refractivity contribution < 1.29 is 4.52 Å². The van der Waals surface area contributed by atoms with Gasteiger partial charge in [0.15, 0.2) is 0 Å². The maximum atomic E-state index is 4.78. The molecule has 48 valence electrons. The summed E-state index contributed by atoms with van der Waals surface area (Å²) in [7, 11) is 0. The van der Waals surface area contributed by atoms with Crippen molar-refractivity contribution in [3.05, 3.63) is 17.5 Å². The molecule has 0 bridgehead atoms. The number of nitrogens with zero attached hydrogens (tertiary/aromatic N) is 1. The highest BCUT2D eigenvalue weighted by atomic mass is 16.5. The maximum absolute atomic E-state index is 4.78. The molecule has 3 nitrogen and oxygen atoms in total. The summed E-state index contributed by atoms with van der Waals surface area (Å²) in [4.78, 5) is 0. The first kappa shape index (κ1) is 4.99. The van der Waals surface area contributed by atoms with E-state index in [9.17, 15) is 0 Å². The normalized spacial score (nSPS) is 17.3. The topological polar surface area (TPSA) is 38.1 Å². The van der Waals surface area contributed by atoms with Crippen molar-refractivity contribution in [3.8, 4) is 0 Å². The molecule has 0 amide bonds. The van der Waals surface area contributed by atoms with Gasteiger partial charge in [-0.2, -0.15) is 0 Å². The molecule has 0 atom stereocenters.